The number of unbranched alkanes of at least 4 members (excludes halogenated alkanes) is 8. The fourth-order valence-electron chi connectivity index (χ4n) is 4.33. The second-order valence-electron chi connectivity index (χ2n) is 8.58. The molecule has 0 atom stereocenters. The van der Waals surface area contributed by atoms with E-state index in [1.807, 2.05) is 63.2 Å². The molecule has 0 fully saturated rings. The third kappa shape index (κ3) is 9.86. The van der Waals surface area contributed by atoms with Crippen molar-refractivity contribution in [1.82, 2.24) is 0 Å². The van der Waals surface area contributed by atoms with Gasteiger partial charge in [-0.1, -0.05) is 81.3 Å². The van der Waals surface area contributed by atoms with E-state index >= 15 is 0 Å². The van der Waals surface area contributed by atoms with Crippen LogP contribution in [0.3, 0.4) is 0 Å². The largest absolute Gasteiger partial charge is 0.500 e. The normalized spacial score (nSPS) is 11.7. The van der Waals surface area contributed by atoms with Crippen molar-refractivity contribution in [2.24, 2.45) is 0 Å². The third-order valence-electron chi connectivity index (χ3n) is 5.96. The Morgan fingerprint density at radius 3 is 1.82 bits per heavy atom. The molecule has 0 aliphatic carbocycles. The summed E-state index contributed by atoms with van der Waals surface area (Å²) in [4.78, 5) is 12.4. The molecule has 0 bridgehead atoms. The number of fused-ring (bicyclic) bond motifs is 1. The summed E-state index contributed by atoms with van der Waals surface area (Å²) in [5.41, 5.74) is 0.654. The van der Waals surface area contributed by atoms with Crippen molar-refractivity contribution in [3.8, 4) is 0 Å². The van der Waals surface area contributed by atoms with E-state index in [0.717, 1.165) is 36.1 Å². The Morgan fingerprint density at radius 1 is 0.676 bits per heavy atom. The van der Waals surface area contributed by atoms with E-state index in [1.54, 1.807) is 0 Å². The van der Waals surface area contributed by atoms with Gasteiger partial charge in [-0.2, -0.15) is 0 Å². The Labute approximate surface area is 207 Å². The van der Waals surface area contributed by atoms with Crippen LogP contribution in [-0.2, 0) is 18.0 Å². The lowest BCUT2D eigenvalue weighted by Crippen LogP contribution is -2.45. The lowest BCUT2D eigenvalue weighted by Gasteiger charge is -2.28. The van der Waals surface area contributed by atoms with Crippen molar-refractivity contribution in [3.63, 3.8) is 0 Å². The molecule has 0 aliphatic heterocycles. The van der Waals surface area contributed by atoms with Crippen LogP contribution in [0, 0.1) is 0 Å². The summed E-state index contributed by atoms with van der Waals surface area (Å²) in [6.07, 6.45) is 10.6. The quantitative estimate of drug-likeness (QED) is 0.116. The van der Waals surface area contributed by atoms with Crippen molar-refractivity contribution in [2.75, 3.05) is 26.4 Å². The van der Waals surface area contributed by atoms with E-state index in [-0.39, 0.29) is 5.97 Å². The maximum absolute atomic E-state index is 12.4. The highest BCUT2D eigenvalue weighted by molar-refractivity contribution is 6.60. The van der Waals surface area contributed by atoms with Crippen LogP contribution in [0.2, 0.25) is 6.04 Å². The molecule has 5 nitrogen and oxygen atoms in total. The summed E-state index contributed by atoms with van der Waals surface area (Å²) in [5, 5.41) is 2.02. The van der Waals surface area contributed by atoms with Gasteiger partial charge in [0.1, 0.15) is 0 Å². The Kier molecular flexibility index (Phi) is 14.1. The number of benzene rings is 2. The molecular weight excluding hydrogens is 444 g/mol. The molecule has 0 saturated carbocycles. The van der Waals surface area contributed by atoms with Crippen molar-refractivity contribution in [1.29, 1.82) is 0 Å². The van der Waals surface area contributed by atoms with Gasteiger partial charge in [0.25, 0.3) is 0 Å². The summed E-state index contributed by atoms with van der Waals surface area (Å²) in [5.74, 6) is -0.220. The fraction of sp³-hybridized carbons (Fsp3) is 0.607. The van der Waals surface area contributed by atoms with Crippen molar-refractivity contribution in [3.05, 3.63) is 48.0 Å². The minimum atomic E-state index is -2.47. The minimum absolute atomic E-state index is 0.220. The first kappa shape index (κ1) is 28.5. The Hall–Kier alpha value is -1.73. The average molecular weight is 489 g/mol. The van der Waals surface area contributed by atoms with E-state index in [4.69, 9.17) is 18.0 Å². The number of esters is 1. The molecule has 0 heterocycles. The van der Waals surface area contributed by atoms with E-state index in [0.29, 0.717) is 32.0 Å². The second-order valence-corrected chi connectivity index (χ2v) is 11.3. The van der Waals surface area contributed by atoms with Crippen molar-refractivity contribution >= 4 is 25.5 Å². The fourth-order valence-corrected chi connectivity index (χ4v) is 7.01. The van der Waals surface area contributed by atoms with Gasteiger partial charge in [0.15, 0.2) is 0 Å². The van der Waals surface area contributed by atoms with Crippen LogP contribution in [0.15, 0.2) is 42.5 Å². The molecule has 0 spiro atoms. The highest BCUT2D eigenvalue weighted by Gasteiger charge is 2.39. The molecule has 34 heavy (non-hydrogen) atoms. The summed E-state index contributed by atoms with van der Waals surface area (Å²) in [6.45, 7) is 8.46. The number of ether oxygens (including phenoxy) is 1. The molecule has 190 valence electrons. The van der Waals surface area contributed by atoms with E-state index in [9.17, 15) is 4.79 Å². The van der Waals surface area contributed by atoms with Crippen LogP contribution in [0.4, 0.5) is 0 Å². The number of hydrogen-bond acceptors (Lipinski definition) is 5. The lowest BCUT2D eigenvalue weighted by molar-refractivity contribution is 0.0499. The summed E-state index contributed by atoms with van der Waals surface area (Å²) < 4.78 is 23.3. The zero-order chi connectivity index (χ0) is 24.5. The van der Waals surface area contributed by atoms with Gasteiger partial charge >= 0.3 is 14.8 Å². The molecule has 0 saturated heterocycles. The van der Waals surface area contributed by atoms with Crippen LogP contribution in [0.5, 0.6) is 0 Å². The van der Waals surface area contributed by atoms with E-state index in [2.05, 4.69) is 0 Å². The van der Waals surface area contributed by atoms with Gasteiger partial charge in [0.05, 0.1) is 12.2 Å². The molecule has 2 rings (SSSR count). The Morgan fingerprint density at radius 2 is 1.21 bits per heavy atom. The number of hydrogen-bond donors (Lipinski definition) is 0. The zero-order valence-electron chi connectivity index (χ0n) is 21.5. The maximum atomic E-state index is 12.4. The molecular formula is C28H44O5Si. The molecule has 0 aliphatic rings. The highest BCUT2D eigenvalue weighted by atomic mass is 28.4. The predicted octanol–water partition coefficient (Wildman–Crippen LogP) is 7.56. The molecule has 2 aromatic rings. The highest BCUT2D eigenvalue weighted by Crippen LogP contribution is 2.21. The molecule has 0 N–H and O–H groups in total. The molecule has 0 aromatic heterocycles. The van der Waals surface area contributed by atoms with Crippen LogP contribution in [0.1, 0.15) is 88.9 Å². The molecule has 0 unspecified atom stereocenters. The third-order valence-corrected chi connectivity index (χ3v) is 9.11. The lowest BCUT2D eigenvalue weighted by atomic mass is 10.0. The number of carbonyl (C=O) groups is 1. The van der Waals surface area contributed by atoms with Crippen LogP contribution >= 0.6 is 0 Å². The molecule has 2 aromatic carbocycles. The smallest absolute Gasteiger partial charge is 0.462 e. The first-order valence-corrected chi connectivity index (χ1v) is 15.2. The van der Waals surface area contributed by atoms with Gasteiger partial charge in [-0.25, -0.2) is 4.79 Å². The van der Waals surface area contributed by atoms with Gasteiger partial charge < -0.3 is 18.0 Å². The van der Waals surface area contributed by atoms with Crippen LogP contribution < -0.4 is 0 Å². The SMILES string of the molecule is CCO[Si](CCCCCCCCCCCOC(=O)c1cccc2ccccc12)(OCC)OCC. The van der Waals surface area contributed by atoms with Crippen LogP contribution in [-0.4, -0.2) is 41.2 Å². The molecule has 0 amide bonds. The van der Waals surface area contributed by atoms with Gasteiger partial charge in [0.2, 0.25) is 0 Å². The van der Waals surface area contributed by atoms with Gasteiger partial charge in [-0.3, -0.25) is 0 Å². The Bertz CT molecular complexity index is 803. The van der Waals surface area contributed by atoms with E-state index in [1.165, 1.54) is 38.5 Å². The first-order valence-electron chi connectivity index (χ1n) is 13.2. The first-order chi connectivity index (χ1) is 16.7. The topological polar surface area (TPSA) is 54.0 Å². The van der Waals surface area contributed by atoms with Crippen molar-refractivity contribution in [2.45, 2.75) is 84.6 Å². The standard InChI is InChI=1S/C28H44O5Si/c1-4-31-34(32-5-2,33-6-3)24-17-13-11-9-7-8-10-12-16-23-30-28(29)27-22-18-20-25-19-14-15-21-26(25)27/h14-15,18-22H,4-13,16-17,23-24H2,1-3H3. The predicted molar refractivity (Wildman–Crippen MR) is 141 cm³/mol. The zero-order valence-corrected chi connectivity index (χ0v) is 22.5. The monoisotopic (exact) mass is 488 g/mol. The van der Waals surface area contributed by atoms with Gasteiger partial charge in [-0.05, 0) is 50.5 Å². The average Bonchev–Trinajstić information content (AvgIpc) is 2.84. The van der Waals surface area contributed by atoms with E-state index < -0.39 is 8.80 Å². The van der Waals surface area contributed by atoms with Gasteiger partial charge in [0, 0.05) is 25.9 Å². The Balaban J connectivity index is 1.50. The van der Waals surface area contributed by atoms with Crippen LogP contribution in [0.25, 0.3) is 10.8 Å². The minimum Gasteiger partial charge on any atom is -0.462 e. The molecule has 0 radical (unpaired) electrons. The summed E-state index contributed by atoms with van der Waals surface area (Å²) in [6, 6.07) is 14.6. The number of rotatable bonds is 19. The second kappa shape index (κ2) is 16.8. The number of carbonyl (C=O) groups excluding carboxylic acids is 1. The van der Waals surface area contributed by atoms with Crippen molar-refractivity contribution < 1.29 is 22.8 Å². The maximum Gasteiger partial charge on any atom is 0.500 e. The summed E-state index contributed by atoms with van der Waals surface area (Å²) in [7, 11) is -2.47. The summed E-state index contributed by atoms with van der Waals surface area (Å²) >= 11 is 0. The van der Waals surface area contributed by atoms with Gasteiger partial charge in [-0.15, -0.1) is 0 Å². The molecule has 6 heteroatoms.